The van der Waals surface area contributed by atoms with E-state index in [4.69, 9.17) is 5.11 Å². The van der Waals surface area contributed by atoms with E-state index in [0.29, 0.717) is 11.8 Å². The number of hydroxylamine groups is 1. The standard InChI is InChI=1S/C11H18N2O4/c14-10(15)7-17-12-11(16)13(5-8-1-2-8)6-9-3-4-9/h8-9H,1-7H2,(H,12,16)(H,14,15). The highest BCUT2D eigenvalue weighted by molar-refractivity contribution is 5.73. The predicted octanol–water partition coefficient (Wildman–Crippen LogP) is 0.834. The molecule has 0 unspecified atom stereocenters. The van der Waals surface area contributed by atoms with E-state index in [9.17, 15) is 9.59 Å². The second-order valence-corrected chi connectivity index (χ2v) is 4.88. The molecule has 0 aromatic carbocycles. The first-order valence-electron chi connectivity index (χ1n) is 6.03. The molecule has 6 nitrogen and oxygen atoms in total. The Balaban J connectivity index is 1.71. The number of amides is 2. The molecule has 2 fully saturated rings. The maximum absolute atomic E-state index is 11.7. The first-order chi connectivity index (χ1) is 8.15. The van der Waals surface area contributed by atoms with Crippen LogP contribution in [0.15, 0.2) is 0 Å². The van der Waals surface area contributed by atoms with Crippen LogP contribution in [0.5, 0.6) is 0 Å². The molecule has 2 N–H and O–H groups in total. The lowest BCUT2D eigenvalue weighted by Crippen LogP contribution is -2.42. The first kappa shape index (κ1) is 12.2. The zero-order valence-corrected chi connectivity index (χ0v) is 9.72. The lowest BCUT2D eigenvalue weighted by Gasteiger charge is -2.22. The van der Waals surface area contributed by atoms with E-state index in [0.717, 1.165) is 13.1 Å². The third-order valence-electron chi connectivity index (χ3n) is 2.99. The second kappa shape index (κ2) is 5.35. The van der Waals surface area contributed by atoms with Crippen LogP contribution in [-0.2, 0) is 9.63 Å². The lowest BCUT2D eigenvalue weighted by atomic mass is 10.3. The number of hydrogen-bond acceptors (Lipinski definition) is 3. The van der Waals surface area contributed by atoms with Crippen molar-refractivity contribution in [2.24, 2.45) is 11.8 Å². The van der Waals surface area contributed by atoms with Gasteiger partial charge in [0.25, 0.3) is 0 Å². The molecule has 96 valence electrons. The van der Waals surface area contributed by atoms with Crippen LogP contribution in [-0.4, -0.2) is 41.7 Å². The molecule has 2 amide bonds. The van der Waals surface area contributed by atoms with E-state index in [2.05, 4.69) is 10.3 Å². The van der Waals surface area contributed by atoms with E-state index >= 15 is 0 Å². The van der Waals surface area contributed by atoms with Crippen molar-refractivity contribution in [3.63, 3.8) is 0 Å². The van der Waals surface area contributed by atoms with Crippen LogP contribution >= 0.6 is 0 Å². The number of urea groups is 1. The molecule has 0 saturated heterocycles. The van der Waals surface area contributed by atoms with Crippen LogP contribution in [0.25, 0.3) is 0 Å². The van der Waals surface area contributed by atoms with Crippen LogP contribution < -0.4 is 5.48 Å². The molecule has 17 heavy (non-hydrogen) atoms. The molecular formula is C11H18N2O4. The molecule has 0 radical (unpaired) electrons. The van der Waals surface area contributed by atoms with Gasteiger partial charge in [0, 0.05) is 13.1 Å². The number of carbonyl (C=O) groups is 2. The fraction of sp³-hybridized carbons (Fsp3) is 0.818. The predicted molar refractivity (Wildman–Crippen MR) is 59.1 cm³/mol. The molecular weight excluding hydrogens is 224 g/mol. The number of aliphatic carboxylic acids is 1. The van der Waals surface area contributed by atoms with Gasteiger partial charge in [-0.15, -0.1) is 0 Å². The van der Waals surface area contributed by atoms with Gasteiger partial charge in [0.05, 0.1) is 0 Å². The van der Waals surface area contributed by atoms with Gasteiger partial charge in [0.15, 0.2) is 6.61 Å². The molecule has 2 saturated carbocycles. The van der Waals surface area contributed by atoms with Gasteiger partial charge in [0.1, 0.15) is 0 Å². The Morgan fingerprint density at radius 2 is 1.71 bits per heavy atom. The van der Waals surface area contributed by atoms with Gasteiger partial charge in [-0.2, -0.15) is 0 Å². The zero-order valence-electron chi connectivity index (χ0n) is 9.72. The fourth-order valence-electron chi connectivity index (χ4n) is 1.69. The van der Waals surface area contributed by atoms with E-state index in [1.165, 1.54) is 25.7 Å². The summed E-state index contributed by atoms with van der Waals surface area (Å²) in [5.41, 5.74) is 2.19. The Morgan fingerprint density at radius 3 is 2.12 bits per heavy atom. The van der Waals surface area contributed by atoms with Gasteiger partial charge in [-0.25, -0.2) is 15.1 Å². The van der Waals surface area contributed by atoms with Crippen molar-refractivity contribution in [1.82, 2.24) is 10.4 Å². The lowest BCUT2D eigenvalue weighted by molar-refractivity contribution is -0.144. The van der Waals surface area contributed by atoms with Crippen molar-refractivity contribution in [2.75, 3.05) is 19.7 Å². The normalized spacial score (nSPS) is 18.8. The Morgan fingerprint density at radius 1 is 1.18 bits per heavy atom. The second-order valence-electron chi connectivity index (χ2n) is 4.88. The molecule has 0 aliphatic heterocycles. The van der Waals surface area contributed by atoms with Crippen molar-refractivity contribution < 1.29 is 19.5 Å². The summed E-state index contributed by atoms with van der Waals surface area (Å²) in [7, 11) is 0. The van der Waals surface area contributed by atoms with Crippen molar-refractivity contribution in [2.45, 2.75) is 25.7 Å². The Labute approximate surface area is 99.9 Å². The monoisotopic (exact) mass is 242 g/mol. The number of carbonyl (C=O) groups excluding carboxylic acids is 1. The summed E-state index contributed by atoms with van der Waals surface area (Å²) in [5, 5.41) is 8.39. The minimum absolute atomic E-state index is 0.315. The molecule has 0 aromatic heterocycles. The maximum atomic E-state index is 11.7. The van der Waals surface area contributed by atoms with Crippen LogP contribution in [0.4, 0.5) is 4.79 Å². The maximum Gasteiger partial charge on any atom is 0.341 e. The van der Waals surface area contributed by atoms with Gasteiger partial charge in [-0.3, -0.25) is 4.84 Å². The zero-order chi connectivity index (χ0) is 12.3. The van der Waals surface area contributed by atoms with E-state index in [-0.39, 0.29) is 6.03 Å². The topological polar surface area (TPSA) is 78.9 Å². The third kappa shape index (κ3) is 4.60. The Kier molecular flexibility index (Phi) is 3.83. The number of carboxylic acid groups (broad SMARTS) is 1. The van der Waals surface area contributed by atoms with Crippen molar-refractivity contribution >= 4 is 12.0 Å². The Bertz CT molecular complexity index is 286. The number of hydrogen-bond donors (Lipinski definition) is 2. The summed E-state index contributed by atoms with van der Waals surface area (Å²) < 4.78 is 0. The molecule has 2 rings (SSSR count). The number of nitrogens with one attached hydrogen (secondary N) is 1. The summed E-state index contributed by atoms with van der Waals surface area (Å²) >= 11 is 0. The highest BCUT2D eigenvalue weighted by atomic mass is 16.7. The van der Waals surface area contributed by atoms with E-state index in [1.54, 1.807) is 4.90 Å². The number of nitrogens with zero attached hydrogens (tertiary/aromatic N) is 1. The molecule has 0 heterocycles. The summed E-state index contributed by atoms with van der Waals surface area (Å²) in [6.45, 7) is 1.02. The first-order valence-corrected chi connectivity index (χ1v) is 6.03. The van der Waals surface area contributed by atoms with Crippen molar-refractivity contribution in [1.29, 1.82) is 0 Å². The van der Waals surface area contributed by atoms with Crippen molar-refractivity contribution in [3.05, 3.63) is 0 Å². The quantitative estimate of drug-likeness (QED) is 0.648. The van der Waals surface area contributed by atoms with Crippen molar-refractivity contribution in [3.8, 4) is 0 Å². The molecule has 0 aromatic rings. The van der Waals surface area contributed by atoms with E-state index < -0.39 is 12.6 Å². The molecule has 0 bridgehead atoms. The van der Waals surface area contributed by atoms with Gasteiger partial charge in [-0.1, -0.05) is 0 Å². The van der Waals surface area contributed by atoms with Crippen LogP contribution in [0.2, 0.25) is 0 Å². The number of carboxylic acids is 1. The molecule has 6 heteroatoms. The fourth-order valence-corrected chi connectivity index (χ4v) is 1.69. The van der Waals surface area contributed by atoms with Crippen LogP contribution in [0.3, 0.4) is 0 Å². The summed E-state index contributed by atoms with van der Waals surface area (Å²) in [5.74, 6) is 0.152. The van der Waals surface area contributed by atoms with E-state index in [1.807, 2.05) is 0 Å². The summed E-state index contributed by atoms with van der Waals surface area (Å²) in [6, 6.07) is -0.315. The summed E-state index contributed by atoms with van der Waals surface area (Å²) in [4.78, 5) is 28.3. The SMILES string of the molecule is O=C(O)CONC(=O)N(CC1CC1)CC1CC1. The molecule has 0 atom stereocenters. The summed E-state index contributed by atoms with van der Waals surface area (Å²) in [6.07, 6.45) is 4.74. The molecule has 0 spiro atoms. The smallest absolute Gasteiger partial charge is 0.341 e. The number of rotatable bonds is 7. The third-order valence-corrected chi connectivity index (χ3v) is 2.99. The minimum Gasteiger partial charge on any atom is -0.479 e. The highest BCUT2D eigenvalue weighted by Gasteiger charge is 2.31. The molecule has 2 aliphatic rings. The molecule has 2 aliphatic carbocycles. The van der Waals surface area contributed by atoms with Crippen LogP contribution in [0, 0.1) is 11.8 Å². The van der Waals surface area contributed by atoms with Gasteiger partial charge >= 0.3 is 12.0 Å². The Hall–Kier alpha value is -1.30. The van der Waals surface area contributed by atoms with Crippen LogP contribution in [0.1, 0.15) is 25.7 Å². The largest absolute Gasteiger partial charge is 0.479 e. The minimum atomic E-state index is -1.10. The van der Waals surface area contributed by atoms with Gasteiger partial charge in [-0.05, 0) is 37.5 Å². The van der Waals surface area contributed by atoms with Gasteiger partial charge in [0.2, 0.25) is 0 Å². The average Bonchev–Trinajstić information content (AvgIpc) is 3.10. The van der Waals surface area contributed by atoms with Gasteiger partial charge < -0.3 is 10.0 Å². The highest BCUT2D eigenvalue weighted by Crippen LogP contribution is 2.33. The average molecular weight is 242 g/mol.